The van der Waals surface area contributed by atoms with Gasteiger partial charge in [0.15, 0.2) is 5.82 Å². The minimum absolute atomic E-state index is 0.110. The predicted octanol–water partition coefficient (Wildman–Crippen LogP) is 2.82. The summed E-state index contributed by atoms with van der Waals surface area (Å²) in [6.07, 6.45) is 1.68. The van der Waals surface area contributed by atoms with Gasteiger partial charge in [-0.15, -0.1) is 0 Å². The molecule has 0 aliphatic carbocycles. The Morgan fingerprint density at radius 1 is 1.45 bits per heavy atom. The Morgan fingerprint density at radius 2 is 2.20 bits per heavy atom. The molecule has 2 aromatic rings. The van der Waals surface area contributed by atoms with Crippen LogP contribution in [-0.4, -0.2) is 15.1 Å². The molecule has 0 aliphatic rings. The maximum absolute atomic E-state index is 10.8. The fourth-order valence-corrected chi connectivity index (χ4v) is 1.73. The Labute approximate surface area is 115 Å². The van der Waals surface area contributed by atoms with E-state index in [-0.39, 0.29) is 17.3 Å². The summed E-state index contributed by atoms with van der Waals surface area (Å²) in [4.78, 5) is 14.6. The number of aromatic nitrogens is 2. The van der Waals surface area contributed by atoms with Crippen molar-refractivity contribution in [3.8, 4) is 11.5 Å². The van der Waals surface area contributed by atoms with Gasteiger partial charge in [-0.05, 0) is 24.5 Å². The fraction of sp³-hybridized carbons (Fsp3) is 0.385. The summed E-state index contributed by atoms with van der Waals surface area (Å²) in [6, 6.07) is 4.43. The van der Waals surface area contributed by atoms with Crippen LogP contribution in [-0.2, 0) is 6.42 Å². The number of nitrogen functional groups attached to an aromatic ring is 1. The van der Waals surface area contributed by atoms with Crippen molar-refractivity contribution in [3.05, 3.63) is 34.1 Å². The number of anilines is 1. The van der Waals surface area contributed by atoms with E-state index < -0.39 is 4.92 Å². The summed E-state index contributed by atoms with van der Waals surface area (Å²) in [5.74, 6) is 1.43. The van der Waals surface area contributed by atoms with E-state index in [1.54, 1.807) is 6.07 Å². The van der Waals surface area contributed by atoms with Gasteiger partial charge in [0.25, 0.3) is 11.6 Å². The fourth-order valence-electron chi connectivity index (χ4n) is 1.73. The molecule has 0 fully saturated rings. The first-order valence-corrected chi connectivity index (χ1v) is 6.34. The average Bonchev–Trinajstić information content (AvgIpc) is 2.85. The molecule has 0 amide bonds. The number of nitro groups is 1. The van der Waals surface area contributed by atoms with E-state index in [4.69, 9.17) is 10.3 Å². The van der Waals surface area contributed by atoms with Crippen molar-refractivity contribution in [2.45, 2.75) is 26.7 Å². The monoisotopic (exact) mass is 276 g/mol. The average molecular weight is 276 g/mol. The lowest BCUT2D eigenvalue weighted by Crippen LogP contribution is -1.96. The van der Waals surface area contributed by atoms with Crippen LogP contribution in [0.1, 0.15) is 26.1 Å². The lowest BCUT2D eigenvalue weighted by Gasteiger charge is -1.99. The number of nitro benzene ring substituents is 1. The van der Waals surface area contributed by atoms with Crippen LogP contribution in [0.3, 0.4) is 0 Å². The van der Waals surface area contributed by atoms with E-state index in [1.807, 2.05) is 0 Å². The lowest BCUT2D eigenvalue weighted by atomic mass is 10.1. The summed E-state index contributed by atoms with van der Waals surface area (Å²) < 4.78 is 5.13. The molecule has 0 saturated heterocycles. The molecular weight excluding hydrogens is 260 g/mol. The minimum Gasteiger partial charge on any atom is -0.393 e. The van der Waals surface area contributed by atoms with Gasteiger partial charge in [0, 0.05) is 18.1 Å². The Kier molecular flexibility index (Phi) is 3.97. The summed E-state index contributed by atoms with van der Waals surface area (Å²) in [6.45, 7) is 4.23. The number of hydrogen-bond acceptors (Lipinski definition) is 6. The van der Waals surface area contributed by atoms with Crippen molar-refractivity contribution < 1.29 is 9.45 Å². The Balaban J connectivity index is 2.24. The smallest absolute Gasteiger partial charge is 0.292 e. The molecule has 0 atom stereocenters. The van der Waals surface area contributed by atoms with Crippen LogP contribution in [0.2, 0.25) is 0 Å². The first kappa shape index (κ1) is 14.0. The summed E-state index contributed by atoms with van der Waals surface area (Å²) in [5.41, 5.74) is 5.99. The molecule has 0 bridgehead atoms. The van der Waals surface area contributed by atoms with Crippen LogP contribution in [0.5, 0.6) is 0 Å². The SMILES string of the molecule is CC(C)CCc1noc(-c2ccc(N)c([N+](=O)[O-])c2)n1. The zero-order valence-electron chi connectivity index (χ0n) is 11.4. The number of hydrogen-bond donors (Lipinski definition) is 1. The van der Waals surface area contributed by atoms with E-state index in [9.17, 15) is 10.1 Å². The van der Waals surface area contributed by atoms with Crippen molar-refractivity contribution in [2.75, 3.05) is 5.73 Å². The van der Waals surface area contributed by atoms with Crippen molar-refractivity contribution >= 4 is 11.4 Å². The number of rotatable bonds is 5. The van der Waals surface area contributed by atoms with Crippen LogP contribution < -0.4 is 5.73 Å². The molecule has 20 heavy (non-hydrogen) atoms. The van der Waals surface area contributed by atoms with E-state index in [0.717, 1.165) is 12.8 Å². The highest BCUT2D eigenvalue weighted by Crippen LogP contribution is 2.27. The summed E-state index contributed by atoms with van der Waals surface area (Å²) >= 11 is 0. The Hall–Kier alpha value is -2.44. The molecule has 106 valence electrons. The molecule has 7 nitrogen and oxygen atoms in total. The zero-order valence-corrected chi connectivity index (χ0v) is 11.4. The van der Waals surface area contributed by atoms with Crippen molar-refractivity contribution in [2.24, 2.45) is 5.92 Å². The highest BCUT2D eigenvalue weighted by atomic mass is 16.6. The van der Waals surface area contributed by atoms with Gasteiger partial charge in [0.1, 0.15) is 5.69 Å². The highest BCUT2D eigenvalue weighted by Gasteiger charge is 2.16. The second-order valence-electron chi connectivity index (χ2n) is 4.98. The molecule has 1 aromatic heterocycles. The van der Waals surface area contributed by atoms with E-state index in [2.05, 4.69) is 24.0 Å². The van der Waals surface area contributed by atoms with E-state index in [1.165, 1.54) is 12.1 Å². The third-order valence-electron chi connectivity index (χ3n) is 2.89. The van der Waals surface area contributed by atoms with Crippen LogP contribution in [0.15, 0.2) is 22.7 Å². The van der Waals surface area contributed by atoms with Crippen molar-refractivity contribution in [1.29, 1.82) is 0 Å². The molecule has 0 saturated carbocycles. The van der Waals surface area contributed by atoms with Gasteiger partial charge in [-0.2, -0.15) is 4.98 Å². The minimum atomic E-state index is -0.533. The molecule has 0 radical (unpaired) electrons. The number of nitrogens with zero attached hydrogens (tertiary/aromatic N) is 3. The van der Waals surface area contributed by atoms with E-state index in [0.29, 0.717) is 17.3 Å². The topological polar surface area (TPSA) is 108 Å². The predicted molar refractivity (Wildman–Crippen MR) is 74.0 cm³/mol. The number of nitrogens with two attached hydrogens (primary N) is 1. The van der Waals surface area contributed by atoms with E-state index >= 15 is 0 Å². The molecule has 0 spiro atoms. The molecule has 1 aromatic carbocycles. The summed E-state index contributed by atoms with van der Waals surface area (Å²) in [7, 11) is 0. The van der Waals surface area contributed by atoms with Gasteiger partial charge in [0.05, 0.1) is 4.92 Å². The van der Waals surface area contributed by atoms with Gasteiger partial charge < -0.3 is 10.3 Å². The third kappa shape index (κ3) is 3.11. The quantitative estimate of drug-likeness (QED) is 0.511. The third-order valence-corrected chi connectivity index (χ3v) is 2.89. The molecule has 0 aliphatic heterocycles. The highest BCUT2D eigenvalue weighted by molar-refractivity contribution is 5.67. The summed E-state index contributed by atoms with van der Waals surface area (Å²) in [5, 5.41) is 14.7. The van der Waals surface area contributed by atoms with Crippen LogP contribution in [0.4, 0.5) is 11.4 Å². The molecule has 2 rings (SSSR count). The molecule has 7 heteroatoms. The van der Waals surface area contributed by atoms with Crippen molar-refractivity contribution in [3.63, 3.8) is 0 Å². The number of aryl methyl sites for hydroxylation is 1. The first-order valence-electron chi connectivity index (χ1n) is 6.34. The van der Waals surface area contributed by atoms with Crippen LogP contribution in [0, 0.1) is 16.0 Å². The molecule has 2 N–H and O–H groups in total. The Bertz CT molecular complexity index is 622. The lowest BCUT2D eigenvalue weighted by molar-refractivity contribution is -0.383. The second-order valence-corrected chi connectivity index (χ2v) is 4.98. The maximum Gasteiger partial charge on any atom is 0.292 e. The maximum atomic E-state index is 10.8. The van der Waals surface area contributed by atoms with Gasteiger partial charge in [-0.3, -0.25) is 10.1 Å². The number of benzene rings is 1. The zero-order chi connectivity index (χ0) is 14.7. The van der Waals surface area contributed by atoms with Gasteiger partial charge in [0.2, 0.25) is 0 Å². The van der Waals surface area contributed by atoms with Gasteiger partial charge in [-0.1, -0.05) is 19.0 Å². The van der Waals surface area contributed by atoms with Crippen LogP contribution in [0.25, 0.3) is 11.5 Å². The van der Waals surface area contributed by atoms with Crippen LogP contribution >= 0.6 is 0 Å². The normalized spacial score (nSPS) is 10.9. The molecular formula is C13H16N4O3. The first-order chi connectivity index (χ1) is 9.47. The molecule has 1 heterocycles. The standard InChI is InChI=1S/C13H16N4O3/c1-8(2)3-6-12-15-13(20-16-12)9-4-5-10(14)11(7-9)17(18)19/h4-5,7-8H,3,6,14H2,1-2H3. The largest absolute Gasteiger partial charge is 0.393 e. The Morgan fingerprint density at radius 3 is 2.85 bits per heavy atom. The van der Waals surface area contributed by atoms with Gasteiger partial charge >= 0.3 is 0 Å². The second kappa shape index (κ2) is 5.68. The van der Waals surface area contributed by atoms with Gasteiger partial charge in [-0.25, -0.2) is 0 Å². The molecule has 0 unspecified atom stereocenters. The van der Waals surface area contributed by atoms with Crippen molar-refractivity contribution in [1.82, 2.24) is 10.1 Å².